The number of rotatable bonds is 2. The van der Waals surface area contributed by atoms with Crippen LogP contribution in [0.4, 0.5) is 22.0 Å². The van der Waals surface area contributed by atoms with Gasteiger partial charge >= 0.3 is 12.8 Å². The van der Waals surface area contributed by atoms with Crippen LogP contribution in [0.25, 0.3) is 0 Å². The van der Waals surface area contributed by atoms with Crippen molar-refractivity contribution in [3.8, 4) is 5.75 Å². The van der Waals surface area contributed by atoms with E-state index in [1.165, 1.54) is 0 Å². The van der Waals surface area contributed by atoms with Crippen LogP contribution in [-0.2, 0) is 12.7 Å². The molecule has 0 unspecified atom stereocenters. The van der Waals surface area contributed by atoms with Gasteiger partial charge in [-0.05, 0) is 17.7 Å². The smallest absolute Gasteiger partial charge is 0.416 e. The lowest BCUT2D eigenvalue weighted by Gasteiger charge is -2.13. The highest BCUT2D eigenvalue weighted by molar-refractivity contribution is 5.99. The summed E-state index contributed by atoms with van der Waals surface area (Å²) in [6.45, 7) is -3.54. The van der Waals surface area contributed by atoms with Gasteiger partial charge in [0.15, 0.2) is 0 Å². The SMILES string of the molecule is O=C1NCc2c1cc(OC(F)F)cc2C(F)(F)F. The lowest BCUT2D eigenvalue weighted by atomic mass is 10.0. The number of halogens is 5. The second kappa shape index (κ2) is 4.11. The van der Waals surface area contributed by atoms with Gasteiger partial charge in [-0.3, -0.25) is 4.79 Å². The summed E-state index contributed by atoms with van der Waals surface area (Å²) in [5.41, 5.74) is -1.69. The summed E-state index contributed by atoms with van der Waals surface area (Å²) >= 11 is 0. The largest absolute Gasteiger partial charge is 0.435 e. The van der Waals surface area contributed by atoms with E-state index in [1.807, 2.05) is 0 Å². The van der Waals surface area contributed by atoms with Crippen LogP contribution in [0, 0.1) is 0 Å². The van der Waals surface area contributed by atoms with Crippen LogP contribution in [0.3, 0.4) is 0 Å². The quantitative estimate of drug-likeness (QED) is 0.836. The molecule has 0 atom stereocenters. The number of alkyl halides is 5. The van der Waals surface area contributed by atoms with Gasteiger partial charge in [0.05, 0.1) is 5.56 Å². The predicted octanol–water partition coefficient (Wildman–Crippen LogP) is 2.55. The van der Waals surface area contributed by atoms with E-state index in [0.717, 1.165) is 6.07 Å². The van der Waals surface area contributed by atoms with Crippen LogP contribution in [-0.4, -0.2) is 12.5 Å². The zero-order valence-electron chi connectivity index (χ0n) is 8.65. The van der Waals surface area contributed by atoms with Crippen LogP contribution in [0.15, 0.2) is 12.1 Å². The monoisotopic (exact) mass is 267 g/mol. The first-order valence-electron chi connectivity index (χ1n) is 4.76. The third kappa shape index (κ3) is 2.22. The Morgan fingerprint density at radius 2 is 1.94 bits per heavy atom. The Labute approximate surface area is 97.5 Å². The summed E-state index contributed by atoms with van der Waals surface area (Å²) in [4.78, 5) is 11.3. The van der Waals surface area contributed by atoms with E-state index in [-0.39, 0.29) is 17.7 Å². The van der Waals surface area contributed by atoms with Crippen molar-refractivity contribution >= 4 is 5.91 Å². The summed E-state index contributed by atoms with van der Waals surface area (Å²) < 4.78 is 66.0. The molecule has 18 heavy (non-hydrogen) atoms. The molecule has 0 bridgehead atoms. The molecule has 1 aliphatic rings. The van der Waals surface area contributed by atoms with Crippen molar-refractivity contribution in [1.29, 1.82) is 0 Å². The van der Waals surface area contributed by atoms with Crippen molar-refractivity contribution in [1.82, 2.24) is 5.32 Å². The van der Waals surface area contributed by atoms with E-state index in [0.29, 0.717) is 6.07 Å². The van der Waals surface area contributed by atoms with Crippen LogP contribution in [0.1, 0.15) is 21.5 Å². The van der Waals surface area contributed by atoms with Crippen molar-refractivity contribution in [3.05, 3.63) is 28.8 Å². The van der Waals surface area contributed by atoms with Crippen LogP contribution >= 0.6 is 0 Å². The van der Waals surface area contributed by atoms with E-state index in [9.17, 15) is 26.7 Å². The van der Waals surface area contributed by atoms with E-state index in [1.54, 1.807) is 0 Å². The molecule has 1 aromatic rings. The maximum atomic E-state index is 12.7. The van der Waals surface area contributed by atoms with Gasteiger partial charge in [-0.15, -0.1) is 0 Å². The van der Waals surface area contributed by atoms with Gasteiger partial charge in [0.2, 0.25) is 0 Å². The van der Waals surface area contributed by atoms with Gasteiger partial charge in [-0.1, -0.05) is 0 Å². The summed E-state index contributed by atoms with van der Waals surface area (Å²) in [5, 5.41) is 2.20. The molecule has 1 heterocycles. The molecule has 1 N–H and O–H groups in total. The molecule has 1 amide bonds. The van der Waals surface area contributed by atoms with Crippen molar-refractivity contribution in [2.45, 2.75) is 19.3 Å². The highest BCUT2D eigenvalue weighted by Gasteiger charge is 2.38. The van der Waals surface area contributed by atoms with Crippen molar-refractivity contribution in [3.63, 3.8) is 0 Å². The molecule has 0 fully saturated rings. The molecule has 0 saturated heterocycles. The fourth-order valence-electron chi connectivity index (χ4n) is 1.73. The molecule has 2 rings (SSSR count). The normalized spacial score (nSPS) is 14.7. The first-order chi connectivity index (χ1) is 8.29. The van der Waals surface area contributed by atoms with Crippen molar-refractivity contribution in [2.75, 3.05) is 0 Å². The minimum Gasteiger partial charge on any atom is -0.435 e. The number of amides is 1. The Morgan fingerprint density at radius 1 is 1.28 bits per heavy atom. The van der Waals surface area contributed by atoms with E-state index in [2.05, 4.69) is 10.1 Å². The molecule has 0 aromatic heterocycles. The molecule has 3 nitrogen and oxygen atoms in total. The molecular formula is C10H6F5NO2. The lowest BCUT2D eigenvalue weighted by molar-refractivity contribution is -0.138. The van der Waals surface area contributed by atoms with Gasteiger partial charge < -0.3 is 10.1 Å². The van der Waals surface area contributed by atoms with E-state index >= 15 is 0 Å². The standard InChI is InChI=1S/C10H6F5NO2/c11-9(12)18-4-1-5-6(3-16-8(5)17)7(2-4)10(13,14)15/h1-2,9H,3H2,(H,16,17). The fraction of sp³-hybridized carbons (Fsp3) is 0.300. The first kappa shape index (κ1) is 12.6. The number of fused-ring (bicyclic) bond motifs is 1. The van der Waals surface area contributed by atoms with Gasteiger partial charge in [0, 0.05) is 12.1 Å². The molecule has 8 heteroatoms. The molecule has 1 aromatic carbocycles. The maximum Gasteiger partial charge on any atom is 0.416 e. The van der Waals surface area contributed by atoms with Gasteiger partial charge in [-0.25, -0.2) is 0 Å². The summed E-state index contributed by atoms with van der Waals surface area (Å²) in [7, 11) is 0. The predicted molar refractivity (Wildman–Crippen MR) is 49.2 cm³/mol. The van der Waals surface area contributed by atoms with E-state index in [4.69, 9.17) is 0 Å². The Hall–Kier alpha value is -1.86. The second-order valence-corrected chi connectivity index (χ2v) is 3.56. The Balaban J connectivity index is 2.55. The number of carbonyl (C=O) groups excluding carboxylic acids is 1. The zero-order chi connectivity index (χ0) is 13.5. The van der Waals surface area contributed by atoms with Crippen LogP contribution < -0.4 is 10.1 Å². The summed E-state index contributed by atoms with van der Waals surface area (Å²) in [6.07, 6.45) is -4.74. The Morgan fingerprint density at radius 3 is 2.50 bits per heavy atom. The number of nitrogens with one attached hydrogen (secondary N) is 1. The molecule has 0 saturated carbocycles. The summed E-state index contributed by atoms with van der Waals surface area (Å²) in [6, 6.07) is 1.34. The molecular weight excluding hydrogens is 261 g/mol. The number of carbonyl (C=O) groups is 1. The molecule has 0 radical (unpaired) electrons. The topological polar surface area (TPSA) is 38.3 Å². The molecule has 1 aliphatic heterocycles. The van der Waals surface area contributed by atoms with Gasteiger partial charge in [-0.2, -0.15) is 22.0 Å². The number of hydrogen-bond donors (Lipinski definition) is 1. The highest BCUT2D eigenvalue weighted by atomic mass is 19.4. The van der Waals surface area contributed by atoms with Gasteiger partial charge in [0.1, 0.15) is 5.75 Å². The van der Waals surface area contributed by atoms with Gasteiger partial charge in [0.25, 0.3) is 5.91 Å². The third-order valence-corrected chi connectivity index (χ3v) is 2.42. The van der Waals surface area contributed by atoms with Crippen molar-refractivity contribution < 1.29 is 31.5 Å². The fourth-order valence-corrected chi connectivity index (χ4v) is 1.73. The number of benzene rings is 1. The van der Waals surface area contributed by atoms with E-state index < -0.39 is 30.0 Å². The average molecular weight is 267 g/mol. The Kier molecular flexibility index (Phi) is 2.88. The highest BCUT2D eigenvalue weighted by Crippen LogP contribution is 2.38. The number of hydrogen-bond acceptors (Lipinski definition) is 2. The third-order valence-electron chi connectivity index (χ3n) is 2.42. The number of ether oxygens (including phenoxy) is 1. The summed E-state index contributed by atoms with van der Waals surface area (Å²) in [5.74, 6) is -1.43. The van der Waals surface area contributed by atoms with Crippen molar-refractivity contribution in [2.24, 2.45) is 0 Å². The lowest BCUT2D eigenvalue weighted by Crippen LogP contribution is -2.12. The zero-order valence-corrected chi connectivity index (χ0v) is 8.65. The first-order valence-corrected chi connectivity index (χ1v) is 4.76. The minimum atomic E-state index is -4.74. The van der Waals surface area contributed by atoms with Crippen LogP contribution in [0.5, 0.6) is 5.75 Å². The second-order valence-electron chi connectivity index (χ2n) is 3.56. The maximum absolute atomic E-state index is 12.7. The molecule has 98 valence electrons. The van der Waals surface area contributed by atoms with Crippen LogP contribution in [0.2, 0.25) is 0 Å². The molecule has 0 aliphatic carbocycles. The molecule has 0 spiro atoms. The Bertz CT molecular complexity index is 498. The average Bonchev–Trinajstić information content (AvgIpc) is 2.57. The minimum absolute atomic E-state index is 0.255.